The molecule has 0 bridgehead atoms. The summed E-state index contributed by atoms with van der Waals surface area (Å²) in [4.78, 5) is 2.33. The third-order valence-corrected chi connectivity index (χ3v) is 4.60. The maximum absolute atomic E-state index is 10.3. The lowest BCUT2D eigenvalue weighted by atomic mass is 10.1. The fraction of sp³-hybridized carbons (Fsp3) is 0.294. The van der Waals surface area contributed by atoms with E-state index in [1.807, 2.05) is 18.2 Å². The van der Waals surface area contributed by atoms with Gasteiger partial charge in [-0.2, -0.15) is 5.06 Å². The van der Waals surface area contributed by atoms with E-state index in [0.717, 1.165) is 16.6 Å². The first-order valence-corrected chi connectivity index (χ1v) is 7.98. The van der Waals surface area contributed by atoms with Crippen LogP contribution in [-0.4, -0.2) is 28.3 Å². The molecule has 2 atom stereocenters. The lowest BCUT2D eigenvalue weighted by Gasteiger charge is -2.32. The Kier molecular flexibility index (Phi) is 4.40. The van der Waals surface area contributed by atoms with Crippen molar-refractivity contribution >= 4 is 15.9 Å². The molecule has 4 heteroatoms. The Morgan fingerprint density at radius 3 is 2.57 bits per heavy atom. The highest BCUT2D eigenvalue weighted by Crippen LogP contribution is 2.36. The van der Waals surface area contributed by atoms with Gasteiger partial charge in [-0.15, -0.1) is 0 Å². The van der Waals surface area contributed by atoms with Crippen molar-refractivity contribution in [3.63, 3.8) is 0 Å². The highest BCUT2D eigenvalue weighted by molar-refractivity contribution is 9.10. The van der Waals surface area contributed by atoms with Crippen LogP contribution in [-0.2, 0) is 0 Å². The molecule has 1 fully saturated rings. The van der Waals surface area contributed by atoms with Gasteiger partial charge in [-0.3, -0.25) is 4.90 Å². The van der Waals surface area contributed by atoms with Crippen molar-refractivity contribution in [3.05, 3.63) is 70.2 Å². The number of nitrogens with zero attached hydrogens (tertiary/aromatic N) is 2. The topological polar surface area (TPSA) is 26.7 Å². The van der Waals surface area contributed by atoms with Crippen molar-refractivity contribution in [3.8, 4) is 0 Å². The fourth-order valence-corrected chi connectivity index (χ4v) is 3.41. The summed E-state index contributed by atoms with van der Waals surface area (Å²) < 4.78 is 1.03. The SMILES string of the molecule is CC(c1ccccc1)N1CCN(O)C1c1cccc(Br)c1. The number of rotatable bonds is 3. The number of hydroxylamine groups is 2. The van der Waals surface area contributed by atoms with Crippen LogP contribution < -0.4 is 0 Å². The van der Waals surface area contributed by atoms with Crippen molar-refractivity contribution in [2.75, 3.05) is 13.1 Å². The summed E-state index contributed by atoms with van der Waals surface area (Å²) in [6.45, 7) is 3.71. The monoisotopic (exact) mass is 346 g/mol. The first kappa shape index (κ1) is 14.7. The third-order valence-electron chi connectivity index (χ3n) is 4.11. The minimum atomic E-state index is -0.0993. The molecule has 3 nitrogen and oxygen atoms in total. The van der Waals surface area contributed by atoms with Crippen molar-refractivity contribution in [1.29, 1.82) is 0 Å². The first-order valence-electron chi connectivity index (χ1n) is 7.18. The summed E-state index contributed by atoms with van der Waals surface area (Å²) in [5.41, 5.74) is 2.37. The molecule has 1 saturated heterocycles. The molecule has 0 saturated carbocycles. The normalized spacial score (nSPS) is 21.6. The van der Waals surface area contributed by atoms with E-state index in [0.29, 0.717) is 6.54 Å². The van der Waals surface area contributed by atoms with Gasteiger partial charge < -0.3 is 5.21 Å². The molecule has 2 aromatic carbocycles. The molecule has 0 aliphatic carbocycles. The second kappa shape index (κ2) is 6.28. The summed E-state index contributed by atoms with van der Waals surface area (Å²) in [5, 5.41) is 11.7. The van der Waals surface area contributed by atoms with E-state index in [2.05, 4.69) is 64.2 Å². The summed E-state index contributed by atoms with van der Waals surface area (Å²) in [7, 11) is 0. The maximum atomic E-state index is 10.3. The van der Waals surface area contributed by atoms with Crippen LogP contribution >= 0.6 is 15.9 Å². The van der Waals surface area contributed by atoms with Crippen LogP contribution in [0.4, 0.5) is 0 Å². The van der Waals surface area contributed by atoms with Crippen LogP contribution in [0.25, 0.3) is 0 Å². The number of halogens is 1. The van der Waals surface area contributed by atoms with Crippen molar-refractivity contribution < 1.29 is 5.21 Å². The Hall–Kier alpha value is -1.20. The lowest BCUT2D eigenvalue weighted by Crippen LogP contribution is -2.31. The highest BCUT2D eigenvalue weighted by Gasteiger charge is 2.35. The van der Waals surface area contributed by atoms with Crippen molar-refractivity contribution in [2.45, 2.75) is 19.1 Å². The molecule has 1 N–H and O–H groups in total. The van der Waals surface area contributed by atoms with Gasteiger partial charge in [0.2, 0.25) is 0 Å². The molecule has 0 amide bonds. The minimum absolute atomic E-state index is 0.0993. The van der Waals surface area contributed by atoms with E-state index in [4.69, 9.17) is 0 Å². The first-order chi connectivity index (χ1) is 10.2. The number of hydrogen-bond acceptors (Lipinski definition) is 3. The Balaban J connectivity index is 1.91. The Bertz CT molecular complexity index is 605. The zero-order valence-electron chi connectivity index (χ0n) is 12.0. The van der Waals surface area contributed by atoms with Gasteiger partial charge in [0.1, 0.15) is 6.17 Å². The van der Waals surface area contributed by atoms with Gasteiger partial charge in [-0.05, 0) is 30.2 Å². The summed E-state index contributed by atoms with van der Waals surface area (Å²) in [5.74, 6) is 0. The van der Waals surface area contributed by atoms with Crippen LogP contribution in [0.15, 0.2) is 59.1 Å². The van der Waals surface area contributed by atoms with E-state index in [1.165, 1.54) is 10.6 Å². The largest absolute Gasteiger partial charge is 0.312 e. The molecule has 21 heavy (non-hydrogen) atoms. The predicted molar refractivity (Wildman–Crippen MR) is 86.9 cm³/mol. The molecule has 1 aliphatic rings. The molecule has 0 spiro atoms. The van der Waals surface area contributed by atoms with E-state index >= 15 is 0 Å². The van der Waals surface area contributed by atoms with E-state index in [9.17, 15) is 5.21 Å². The molecule has 0 aromatic heterocycles. The Morgan fingerprint density at radius 1 is 1.10 bits per heavy atom. The Labute approximate surface area is 133 Å². The number of hydrogen-bond donors (Lipinski definition) is 1. The van der Waals surface area contributed by atoms with Crippen LogP contribution in [0.3, 0.4) is 0 Å². The smallest absolute Gasteiger partial charge is 0.113 e. The molecule has 1 aliphatic heterocycles. The molecule has 2 unspecified atom stereocenters. The molecular weight excluding hydrogens is 328 g/mol. The van der Waals surface area contributed by atoms with Gasteiger partial charge >= 0.3 is 0 Å². The van der Waals surface area contributed by atoms with Gasteiger partial charge in [0.25, 0.3) is 0 Å². The maximum Gasteiger partial charge on any atom is 0.113 e. The van der Waals surface area contributed by atoms with E-state index in [1.54, 1.807) is 0 Å². The molecular formula is C17H19BrN2O. The van der Waals surface area contributed by atoms with Gasteiger partial charge in [-0.25, -0.2) is 0 Å². The average Bonchev–Trinajstić information content (AvgIpc) is 2.89. The third kappa shape index (κ3) is 3.04. The summed E-state index contributed by atoms with van der Waals surface area (Å²) >= 11 is 3.51. The molecule has 1 heterocycles. The summed E-state index contributed by atoms with van der Waals surface area (Å²) in [6, 6.07) is 18.8. The molecule has 0 radical (unpaired) electrons. The second-order valence-electron chi connectivity index (χ2n) is 5.42. The second-order valence-corrected chi connectivity index (χ2v) is 6.33. The standard InChI is InChI=1S/C17H19BrN2O/c1-13(14-6-3-2-4-7-14)19-10-11-20(21)17(19)15-8-5-9-16(18)12-15/h2-9,12-13,17,21H,10-11H2,1H3. The lowest BCUT2D eigenvalue weighted by molar-refractivity contribution is -0.132. The van der Waals surface area contributed by atoms with Crippen molar-refractivity contribution in [2.24, 2.45) is 0 Å². The summed E-state index contributed by atoms with van der Waals surface area (Å²) in [6.07, 6.45) is -0.0993. The zero-order valence-corrected chi connectivity index (χ0v) is 13.6. The van der Waals surface area contributed by atoms with Crippen LogP contribution in [0.5, 0.6) is 0 Å². The quantitative estimate of drug-likeness (QED) is 0.901. The van der Waals surface area contributed by atoms with Gasteiger partial charge in [0.15, 0.2) is 0 Å². The van der Waals surface area contributed by atoms with Crippen molar-refractivity contribution in [1.82, 2.24) is 9.96 Å². The Morgan fingerprint density at radius 2 is 1.86 bits per heavy atom. The van der Waals surface area contributed by atoms with Gasteiger partial charge in [0, 0.05) is 23.6 Å². The van der Waals surface area contributed by atoms with E-state index < -0.39 is 0 Å². The van der Waals surface area contributed by atoms with Gasteiger partial charge in [-0.1, -0.05) is 58.4 Å². The van der Waals surface area contributed by atoms with Crippen LogP contribution in [0, 0.1) is 0 Å². The van der Waals surface area contributed by atoms with Crippen LogP contribution in [0.2, 0.25) is 0 Å². The molecule has 2 aromatic rings. The van der Waals surface area contributed by atoms with Crippen LogP contribution in [0.1, 0.15) is 30.3 Å². The van der Waals surface area contributed by atoms with Gasteiger partial charge in [0.05, 0.1) is 0 Å². The molecule has 110 valence electrons. The zero-order chi connectivity index (χ0) is 14.8. The molecule has 3 rings (SSSR count). The highest BCUT2D eigenvalue weighted by atomic mass is 79.9. The van der Waals surface area contributed by atoms with E-state index in [-0.39, 0.29) is 12.2 Å². The minimum Gasteiger partial charge on any atom is -0.312 e. The fourth-order valence-electron chi connectivity index (χ4n) is 2.99. The predicted octanol–water partition coefficient (Wildman–Crippen LogP) is 4.22. The number of benzene rings is 2. The average molecular weight is 347 g/mol.